The number of rotatable bonds is 8. The van der Waals surface area contributed by atoms with E-state index in [9.17, 15) is 9.59 Å². The summed E-state index contributed by atoms with van der Waals surface area (Å²) < 4.78 is 5.40. The van der Waals surface area contributed by atoms with Gasteiger partial charge in [-0.25, -0.2) is 0 Å². The zero-order valence-electron chi connectivity index (χ0n) is 15.4. The Morgan fingerprint density at radius 1 is 0.852 bits per heavy atom. The third kappa shape index (κ3) is 5.42. The van der Waals surface area contributed by atoms with Gasteiger partial charge in [0.1, 0.15) is 5.76 Å². The molecule has 1 amide bonds. The lowest BCUT2D eigenvalue weighted by Gasteiger charge is -2.22. The molecule has 0 N–H and O–H groups in total. The average Bonchev–Trinajstić information content (AvgIpc) is 3.20. The Hall–Kier alpha value is -3.14. The van der Waals surface area contributed by atoms with Crippen molar-refractivity contribution in [2.45, 2.75) is 32.9 Å². The van der Waals surface area contributed by atoms with Crippen LogP contribution in [0.2, 0.25) is 0 Å². The molecule has 0 saturated heterocycles. The van der Waals surface area contributed by atoms with Crippen molar-refractivity contribution in [3.63, 3.8) is 0 Å². The summed E-state index contributed by atoms with van der Waals surface area (Å²) in [4.78, 5) is 26.9. The topological polar surface area (TPSA) is 50.5 Å². The van der Waals surface area contributed by atoms with Crippen molar-refractivity contribution in [1.82, 2.24) is 4.90 Å². The maximum Gasteiger partial charge on any atom is 0.223 e. The maximum atomic E-state index is 12.8. The lowest BCUT2D eigenvalue weighted by atomic mass is 10.0. The molecule has 0 atom stereocenters. The molecule has 138 valence electrons. The lowest BCUT2D eigenvalue weighted by molar-refractivity contribution is -0.132. The summed E-state index contributed by atoms with van der Waals surface area (Å²) in [6.07, 6.45) is 1.98. The highest BCUT2D eigenvalue weighted by atomic mass is 16.3. The Bertz CT molecular complexity index is 868. The van der Waals surface area contributed by atoms with Crippen molar-refractivity contribution in [2.75, 3.05) is 0 Å². The summed E-state index contributed by atoms with van der Waals surface area (Å²) in [6.45, 7) is 2.85. The molecule has 3 aromatic rings. The number of carbonyl (C=O) groups excluding carboxylic acids is 2. The van der Waals surface area contributed by atoms with E-state index < -0.39 is 0 Å². The van der Waals surface area contributed by atoms with E-state index in [1.54, 1.807) is 17.2 Å². The first kappa shape index (κ1) is 18.6. The Morgan fingerprint density at radius 2 is 1.59 bits per heavy atom. The monoisotopic (exact) mass is 361 g/mol. The molecular formula is C23H23NO3. The molecule has 4 nitrogen and oxygen atoms in total. The van der Waals surface area contributed by atoms with Crippen LogP contribution in [0, 0.1) is 6.92 Å². The van der Waals surface area contributed by atoms with Crippen LogP contribution < -0.4 is 0 Å². The van der Waals surface area contributed by atoms with Crippen LogP contribution in [0.4, 0.5) is 0 Å². The molecule has 0 aliphatic carbocycles. The molecule has 0 aliphatic heterocycles. The van der Waals surface area contributed by atoms with E-state index in [-0.39, 0.29) is 24.5 Å². The summed E-state index contributed by atoms with van der Waals surface area (Å²) in [6, 6.07) is 20.9. The van der Waals surface area contributed by atoms with Gasteiger partial charge in [0, 0.05) is 24.9 Å². The van der Waals surface area contributed by atoms with Gasteiger partial charge in [-0.15, -0.1) is 0 Å². The molecule has 4 heteroatoms. The zero-order chi connectivity index (χ0) is 19.1. The number of hydrogen-bond acceptors (Lipinski definition) is 3. The van der Waals surface area contributed by atoms with Crippen LogP contribution in [0.15, 0.2) is 77.4 Å². The third-order valence-corrected chi connectivity index (χ3v) is 4.44. The van der Waals surface area contributed by atoms with E-state index in [0.717, 1.165) is 16.9 Å². The van der Waals surface area contributed by atoms with Gasteiger partial charge in [0.05, 0.1) is 12.8 Å². The SMILES string of the molecule is Cc1ccc(C(=O)CCC(=O)N(Cc2ccccc2)Cc2ccco2)cc1. The molecule has 0 radical (unpaired) electrons. The van der Waals surface area contributed by atoms with Crippen molar-refractivity contribution < 1.29 is 14.0 Å². The summed E-state index contributed by atoms with van der Waals surface area (Å²) in [5.41, 5.74) is 2.80. The second kappa shape index (κ2) is 8.99. The van der Waals surface area contributed by atoms with Gasteiger partial charge in [0.25, 0.3) is 0 Å². The number of furan rings is 1. The lowest BCUT2D eigenvalue weighted by Crippen LogP contribution is -2.30. The number of hydrogen-bond donors (Lipinski definition) is 0. The van der Waals surface area contributed by atoms with Crippen LogP contribution in [0.1, 0.15) is 40.1 Å². The predicted molar refractivity (Wildman–Crippen MR) is 104 cm³/mol. The van der Waals surface area contributed by atoms with E-state index in [4.69, 9.17) is 4.42 Å². The molecule has 27 heavy (non-hydrogen) atoms. The maximum absolute atomic E-state index is 12.8. The molecule has 3 rings (SSSR count). The van der Waals surface area contributed by atoms with Gasteiger partial charge in [-0.3, -0.25) is 9.59 Å². The van der Waals surface area contributed by atoms with Gasteiger partial charge >= 0.3 is 0 Å². The van der Waals surface area contributed by atoms with E-state index in [1.807, 2.05) is 67.6 Å². The van der Waals surface area contributed by atoms with E-state index in [2.05, 4.69) is 0 Å². The Morgan fingerprint density at radius 3 is 2.26 bits per heavy atom. The number of aryl methyl sites for hydroxylation is 1. The highest BCUT2D eigenvalue weighted by Gasteiger charge is 2.17. The van der Waals surface area contributed by atoms with E-state index >= 15 is 0 Å². The number of ketones is 1. The molecule has 2 aromatic carbocycles. The quantitative estimate of drug-likeness (QED) is 0.543. The largest absolute Gasteiger partial charge is 0.467 e. The zero-order valence-corrected chi connectivity index (χ0v) is 15.4. The second-order valence-electron chi connectivity index (χ2n) is 6.60. The summed E-state index contributed by atoms with van der Waals surface area (Å²) in [5, 5.41) is 0. The van der Waals surface area contributed by atoms with Gasteiger partial charge in [0.15, 0.2) is 5.78 Å². The van der Waals surface area contributed by atoms with Crippen molar-refractivity contribution in [1.29, 1.82) is 0 Å². The molecule has 0 fully saturated rings. The van der Waals surface area contributed by atoms with Gasteiger partial charge in [-0.05, 0) is 24.6 Å². The standard InChI is InChI=1S/C23H23NO3/c1-18-9-11-20(12-10-18)22(25)13-14-23(26)24(17-21-8-5-15-27-21)16-19-6-3-2-4-7-19/h2-12,15H,13-14,16-17H2,1H3. The summed E-state index contributed by atoms with van der Waals surface area (Å²) in [5.74, 6) is 0.654. The Balaban J connectivity index is 1.64. The van der Waals surface area contributed by atoms with Crippen LogP contribution in [0.3, 0.4) is 0 Å². The van der Waals surface area contributed by atoms with Crippen LogP contribution >= 0.6 is 0 Å². The van der Waals surface area contributed by atoms with Crippen molar-refractivity contribution in [2.24, 2.45) is 0 Å². The van der Waals surface area contributed by atoms with Crippen LogP contribution in [-0.2, 0) is 17.9 Å². The second-order valence-corrected chi connectivity index (χ2v) is 6.60. The average molecular weight is 361 g/mol. The van der Waals surface area contributed by atoms with Crippen LogP contribution in [0.5, 0.6) is 0 Å². The predicted octanol–water partition coefficient (Wildman–Crippen LogP) is 4.78. The van der Waals surface area contributed by atoms with Crippen LogP contribution in [0.25, 0.3) is 0 Å². The fourth-order valence-electron chi connectivity index (χ4n) is 2.89. The minimum atomic E-state index is -0.0595. The van der Waals surface area contributed by atoms with E-state index in [1.165, 1.54) is 0 Å². The van der Waals surface area contributed by atoms with Crippen molar-refractivity contribution >= 4 is 11.7 Å². The first-order valence-electron chi connectivity index (χ1n) is 9.06. The molecular weight excluding hydrogens is 338 g/mol. The van der Waals surface area contributed by atoms with Crippen LogP contribution in [-0.4, -0.2) is 16.6 Å². The normalized spacial score (nSPS) is 10.6. The fraction of sp³-hybridized carbons (Fsp3) is 0.217. The molecule has 0 saturated carbocycles. The summed E-state index contributed by atoms with van der Waals surface area (Å²) in [7, 11) is 0. The third-order valence-electron chi connectivity index (χ3n) is 4.44. The van der Waals surface area contributed by atoms with Gasteiger partial charge in [-0.2, -0.15) is 0 Å². The molecule has 1 heterocycles. The molecule has 0 spiro atoms. The minimum absolute atomic E-state index is 0.0130. The van der Waals surface area contributed by atoms with Gasteiger partial charge in [-0.1, -0.05) is 60.2 Å². The number of amides is 1. The first-order chi connectivity index (χ1) is 13.1. The number of benzene rings is 2. The smallest absolute Gasteiger partial charge is 0.223 e. The number of nitrogens with zero attached hydrogens (tertiary/aromatic N) is 1. The first-order valence-corrected chi connectivity index (χ1v) is 9.06. The highest BCUT2D eigenvalue weighted by Crippen LogP contribution is 2.14. The number of Topliss-reactive ketones (excluding diaryl/α,β-unsaturated/α-hetero) is 1. The van der Waals surface area contributed by atoms with Gasteiger partial charge < -0.3 is 9.32 Å². The highest BCUT2D eigenvalue weighted by molar-refractivity contribution is 5.97. The Labute approximate surface area is 159 Å². The summed E-state index contributed by atoms with van der Waals surface area (Å²) >= 11 is 0. The van der Waals surface area contributed by atoms with E-state index in [0.29, 0.717) is 18.7 Å². The minimum Gasteiger partial charge on any atom is -0.467 e. The molecule has 0 aliphatic rings. The molecule has 0 bridgehead atoms. The van der Waals surface area contributed by atoms with Crippen molar-refractivity contribution in [3.8, 4) is 0 Å². The fourth-order valence-corrected chi connectivity index (χ4v) is 2.89. The molecule has 1 aromatic heterocycles. The number of carbonyl (C=O) groups is 2. The van der Waals surface area contributed by atoms with Gasteiger partial charge in [0.2, 0.25) is 5.91 Å². The van der Waals surface area contributed by atoms with Crippen molar-refractivity contribution in [3.05, 3.63) is 95.4 Å². The molecule has 0 unspecified atom stereocenters. The Kier molecular flexibility index (Phi) is 6.21.